The topological polar surface area (TPSA) is 55.6 Å². The van der Waals surface area contributed by atoms with Gasteiger partial charge in [-0.3, -0.25) is 4.79 Å². The molecule has 1 amide bonds. The summed E-state index contributed by atoms with van der Waals surface area (Å²) >= 11 is 0. The molecule has 106 valence electrons. The molecule has 0 aliphatic heterocycles. The summed E-state index contributed by atoms with van der Waals surface area (Å²) in [6, 6.07) is 8.00. The second kappa shape index (κ2) is 6.57. The van der Waals surface area contributed by atoms with E-state index in [0.29, 0.717) is 6.54 Å². The molecule has 4 heteroatoms. The van der Waals surface area contributed by atoms with Crippen LogP contribution >= 0.6 is 0 Å². The van der Waals surface area contributed by atoms with E-state index in [1.54, 1.807) is 32.9 Å². The van der Waals surface area contributed by atoms with Crippen LogP contribution in [0.25, 0.3) is 0 Å². The minimum absolute atomic E-state index is 0.0257. The number of nitrogens with two attached hydrogens (primary N) is 1. The number of carbonyl (C=O) groups excluding carboxylic acids is 1. The molecule has 0 spiro atoms. The number of carbonyl (C=O) groups is 1. The van der Waals surface area contributed by atoms with Gasteiger partial charge in [-0.2, -0.15) is 0 Å². The molecule has 1 rings (SSSR count). The Kier molecular flexibility index (Phi) is 5.36. The Labute approximate surface area is 115 Å². The lowest BCUT2D eigenvalue weighted by atomic mass is 10.1. The Bertz CT molecular complexity index is 407. The van der Waals surface area contributed by atoms with Crippen LogP contribution < -0.4 is 10.5 Å². The van der Waals surface area contributed by atoms with Gasteiger partial charge in [-0.15, -0.1) is 0 Å². The summed E-state index contributed by atoms with van der Waals surface area (Å²) in [6.45, 7) is 4.18. The first kappa shape index (κ1) is 15.5. The maximum Gasteiger partial charge on any atom is 0.241 e. The van der Waals surface area contributed by atoms with Gasteiger partial charge in [0.25, 0.3) is 0 Å². The third-order valence-electron chi connectivity index (χ3n) is 3.02. The number of amides is 1. The van der Waals surface area contributed by atoms with Gasteiger partial charge in [-0.05, 0) is 44.4 Å². The van der Waals surface area contributed by atoms with Gasteiger partial charge in [0.2, 0.25) is 5.91 Å². The van der Waals surface area contributed by atoms with Crippen molar-refractivity contribution in [3.05, 3.63) is 29.8 Å². The molecule has 0 aromatic heterocycles. The number of ether oxygens (including phenoxy) is 1. The van der Waals surface area contributed by atoms with E-state index >= 15 is 0 Å². The van der Waals surface area contributed by atoms with Crippen molar-refractivity contribution in [3.63, 3.8) is 0 Å². The largest absolute Gasteiger partial charge is 0.497 e. The molecule has 0 unspecified atom stereocenters. The van der Waals surface area contributed by atoms with Gasteiger partial charge < -0.3 is 15.4 Å². The molecule has 1 aromatic rings. The number of benzene rings is 1. The normalized spacial score (nSPS) is 11.2. The quantitative estimate of drug-likeness (QED) is 0.852. The summed E-state index contributed by atoms with van der Waals surface area (Å²) in [5.41, 5.74) is 6.24. The zero-order valence-corrected chi connectivity index (χ0v) is 12.3. The predicted molar refractivity (Wildman–Crippen MR) is 77.2 cm³/mol. The average Bonchev–Trinajstić information content (AvgIpc) is 2.37. The predicted octanol–water partition coefficient (Wildman–Crippen LogP) is 1.82. The Hall–Kier alpha value is -1.55. The summed E-state index contributed by atoms with van der Waals surface area (Å²) < 4.78 is 5.11. The number of hydrogen-bond acceptors (Lipinski definition) is 3. The van der Waals surface area contributed by atoms with Crippen LogP contribution in [0.2, 0.25) is 0 Å². The highest BCUT2D eigenvalue weighted by Crippen LogP contribution is 2.13. The summed E-state index contributed by atoms with van der Waals surface area (Å²) in [4.78, 5) is 13.6. The number of rotatable bonds is 6. The SMILES string of the molecule is COc1ccc(CCCN(C)C(=O)C(C)(C)N)cc1. The van der Waals surface area contributed by atoms with E-state index in [0.717, 1.165) is 18.6 Å². The van der Waals surface area contributed by atoms with Crippen LogP contribution in [0.4, 0.5) is 0 Å². The second-order valence-electron chi connectivity index (χ2n) is 5.40. The van der Waals surface area contributed by atoms with Crippen LogP contribution in [-0.4, -0.2) is 37.0 Å². The smallest absolute Gasteiger partial charge is 0.241 e. The van der Waals surface area contributed by atoms with Crippen LogP contribution in [0.1, 0.15) is 25.8 Å². The van der Waals surface area contributed by atoms with Crippen LogP contribution in [0, 0.1) is 0 Å². The molecule has 0 aliphatic rings. The van der Waals surface area contributed by atoms with Crippen molar-refractivity contribution in [2.75, 3.05) is 20.7 Å². The highest BCUT2D eigenvalue weighted by molar-refractivity contribution is 5.84. The fourth-order valence-electron chi connectivity index (χ4n) is 1.91. The highest BCUT2D eigenvalue weighted by atomic mass is 16.5. The van der Waals surface area contributed by atoms with Crippen LogP contribution in [-0.2, 0) is 11.2 Å². The van der Waals surface area contributed by atoms with E-state index in [1.807, 2.05) is 24.3 Å². The first-order chi connectivity index (χ1) is 8.84. The zero-order chi connectivity index (χ0) is 14.5. The van der Waals surface area contributed by atoms with Crippen LogP contribution in [0.15, 0.2) is 24.3 Å². The Morgan fingerprint density at radius 2 is 1.89 bits per heavy atom. The summed E-state index contributed by atoms with van der Waals surface area (Å²) in [7, 11) is 3.45. The first-order valence-corrected chi connectivity index (χ1v) is 6.52. The van der Waals surface area contributed by atoms with Gasteiger partial charge >= 0.3 is 0 Å². The molecule has 2 N–H and O–H groups in total. The van der Waals surface area contributed by atoms with E-state index in [-0.39, 0.29) is 5.91 Å². The minimum atomic E-state index is -0.797. The van der Waals surface area contributed by atoms with E-state index in [4.69, 9.17) is 10.5 Å². The van der Waals surface area contributed by atoms with Gasteiger partial charge in [0, 0.05) is 13.6 Å². The van der Waals surface area contributed by atoms with Crippen LogP contribution in [0.5, 0.6) is 5.75 Å². The molecule has 19 heavy (non-hydrogen) atoms. The molecule has 0 heterocycles. The molecule has 0 radical (unpaired) electrons. The lowest BCUT2D eigenvalue weighted by Gasteiger charge is -2.25. The average molecular weight is 264 g/mol. The zero-order valence-electron chi connectivity index (χ0n) is 12.3. The molecule has 0 fully saturated rings. The Morgan fingerprint density at radius 3 is 2.37 bits per heavy atom. The molecular weight excluding hydrogens is 240 g/mol. The summed E-state index contributed by atoms with van der Waals surface area (Å²) in [5.74, 6) is 0.836. The standard InChI is InChI=1S/C15H24N2O2/c1-15(2,16)14(18)17(3)11-5-6-12-7-9-13(19-4)10-8-12/h7-10H,5-6,11,16H2,1-4H3. The monoisotopic (exact) mass is 264 g/mol. The maximum atomic E-state index is 11.9. The Balaban J connectivity index is 2.39. The number of likely N-dealkylation sites (N-methyl/N-ethyl adjacent to an activating group) is 1. The van der Waals surface area contributed by atoms with E-state index < -0.39 is 5.54 Å². The number of nitrogens with zero attached hydrogens (tertiary/aromatic N) is 1. The number of aryl methyl sites for hydroxylation is 1. The van der Waals surface area contributed by atoms with E-state index in [9.17, 15) is 4.79 Å². The maximum absolute atomic E-state index is 11.9. The molecule has 0 bridgehead atoms. The second-order valence-corrected chi connectivity index (χ2v) is 5.40. The van der Waals surface area contributed by atoms with Gasteiger partial charge in [-0.25, -0.2) is 0 Å². The Morgan fingerprint density at radius 1 is 1.32 bits per heavy atom. The molecular formula is C15H24N2O2. The summed E-state index contributed by atoms with van der Waals surface area (Å²) in [5, 5.41) is 0. The van der Waals surface area contributed by atoms with Crippen molar-refractivity contribution in [1.29, 1.82) is 0 Å². The third kappa shape index (κ3) is 4.91. The van der Waals surface area contributed by atoms with Gasteiger partial charge in [0.1, 0.15) is 5.75 Å². The lowest BCUT2D eigenvalue weighted by Crippen LogP contribution is -2.49. The minimum Gasteiger partial charge on any atom is -0.497 e. The molecule has 0 aliphatic carbocycles. The molecule has 0 atom stereocenters. The number of hydrogen-bond donors (Lipinski definition) is 1. The fraction of sp³-hybridized carbons (Fsp3) is 0.533. The van der Waals surface area contributed by atoms with Crippen molar-refractivity contribution in [1.82, 2.24) is 4.90 Å². The number of methoxy groups -OCH3 is 1. The van der Waals surface area contributed by atoms with Crippen molar-refractivity contribution in [3.8, 4) is 5.75 Å². The summed E-state index contributed by atoms with van der Waals surface area (Å²) in [6.07, 6.45) is 1.86. The fourth-order valence-corrected chi connectivity index (χ4v) is 1.91. The highest BCUT2D eigenvalue weighted by Gasteiger charge is 2.24. The first-order valence-electron chi connectivity index (χ1n) is 6.52. The molecule has 1 aromatic carbocycles. The lowest BCUT2D eigenvalue weighted by molar-refractivity contribution is -0.134. The third-order valence-corrected chi connectivity index (χ3v) is 3.02. The van der Waals surface area contributed by atoms with Crippen molar-refractivity contribution in [2.24, 2.45) is 5.73 Å². The molecule has 0 saturated heterocycles. The van der Waals surface area contributed by atoms with Gasteiger partial charge in [0.05, 0.1) is 12.6 Å². The van der Waals surface area contributed by atoms with Crippen molar-refractivity contribution < 1.29 is 9.53 Å². The van der Waals surface area contributed by atoms with E-state index in [1.165, 1.54) is 5.56 Å². The van der Waals surface area contributed by atoms with Gasteiger partial charge in [0.15, 0.2) is 0 Å². The van der Waals surface area contributed by atoms with Crippen LogP contribution in [0.3, 0.4) is 0 Å². The van der Waals surface area contributed by atoms with Gasteiger partial charge in [-0.1, -0.05) is 12.1 Å². The van der Waals surface area contributed by atoms with Crippen molar-refractivity contribution >= 4 is 5.91 Å². The van der Waals surface area contributed by atoms with E-state index in [2.05, 4.69) is 0 Å². The molecule has 0 saturated carbocycles. The molecule has 4 nitrogen and oxygen atoms in total. The van der Waals surface area contributed by atoms with Crippen molar-refractivity contribution in [2.45, 2.75) is 32.2 Å².